The second kappa shape index (κ2) is 6.21. The lowest BCUT2D eigenvalue weighted by atomic mass is 10.1. The Labute approximate surface area is 138 Å². The van der Waals surface area contributed by atoms with Crippen LogP contribution in [0.5, 0.6) is 0 Å². The largest absolute Gasteiger partial charge is 0.423 e. The summed E-state index contributed by atoms with van der Waals surface area (Å²) in [4.78, 5) is 11.5. The highest BCUT2D eigenvalue weighted by Gasteiger charge is 2.06. The Morgan fingerprint density at radius 1 is 1.30 bits per heavy atom. The summed E-state index contributed by atoms with van der Waals surface area (Å²) in [5, 5.41) is 11.7. The van der Waals surface area contributed by atoms with Crippen LogP contribution in [0, 0.1) is 6.92 Å². The molecule has 118 valence electrons. The molecule has 3 aromatic rings. The Bertz CT molecular complexity index is 929. The van der Waals surface area contributed by atoms with E-state index in [1.165, 1.54) is 6.07 Å². The molecule has 7 heteroatoms. The van der Waals surface area contributed by atoms with Crippen molar-refractivity contribution in [1.82, 2.24) is 9.78 Å². The average molecular weight is 328 g/mol. The van der Waals surface area contributed by atoms with Crippen molar-refractivity contribution in [3.05, 3.63) is 52.5 Å². The highest BCUT2D eigenvalue weighted by atomic mass is 32.1. The fourth-order valence-electron chi connectivity index (χ4n) is 2.29. The van der Waals surface area contributed by atoms with E-state index in [4.69, 9.17) is 16.6 Å². The molecule has 0 aliphatic heterocycles. The SMILES string of the molecule is CCn1ccc(NC(=S)Nc2ccc3c(C)cc(=O)oc3c2)n1. The van der Waals surface area contributed by atoms with E-state index in [-0.39, 0.29) is 5.63 Å². The molecule has 0 amide bonds. The molecule has 2 aromatic heterocycles. The lowest BCUT2D eigenvalue weighted by molar-refractivity contribution is 0.560. The average Bonchev–Trinajstić information content (AvgIpc) is 2.94. The molecule has 0 aliphatic rings. The summed E-state index contributed by atoms with van der Waals surface area (Å²) in [6.07, 6.45) is 1.87. The summed E-state index contributed by atoms with van der Waals surface area (Å²) in [6, 6.07) is 8.85. The molecule has 0 aliphatic carbocycles. The lowest BCUT2D eigenvalue weighted by Gasteiger charge is -2.09. The Kier molecular flexibility index (Phi) is 4.12. The third kappa shape index (κ3) is 3.40. The van der Waals surface area contributed by atoms with E-state index < -0.39 is 0 Å². The van der Waals surface area contributed by atoms with E-state index in [0.29, 0.717) is 16.5 Å². The maximum atomic E-state index is 11.5. The highest BCUT2D eigenvalue weighted by molar-refractivity contribution is 7.80. The summed E-state index contributed by atoms with van der Waals surface area (Å²) >= 11 is 5.27. The van der Waals surface area contributed by atoms with E-state index >= 15 is 0 Å². The first kappa shape index (κ1) is 15.2. The van der Waals surface area contributed by atoms with Gasteiger partial charge in [0.2, 0.25) is 0 Å². The van der Waals surface area contributed by atoms with Crippen molar-refractivity contribution >= 4 is 39.8 Å². The van der Waals surface area contributed by atoms with Crippen LogP contribution in [0.4, 0.5) is 11.5 Å². The molecule has 1 aromatic carbocycles. The van der Waals surface area contributed by atoms with Crippen molar-refractivity contribution < 1.29 is 4.42 Å². The molecule has 0 saturated carbocycles. The van der Waals surface area contributed by atoms with Gasteiger partial charge in [-0.1, -0.05) is 0 Å². The smallest absolute Gasteiger partial charge is 0.336 e. The van der Waals surface area contributed by atoms with Crippen molar-refractivity contribution in [1.29, 1.82) is 0 Å². The Hall–Kier alpha value is -2.67. The van der Waals surface area contributed by atoms with Gasteiger partial charge in [-0.3, -0.25) is 4.68 Å². The molecule has 0 atom stereocenters. The number of aryl methyl sites for hydroxylation is 2. The van der Waals surface area contributed by atoms with E-state index in [1.54, 1.807) is 10.7 Å². The molecular weight excluding hydrogens is 312 g/mol. The van der Waals surface area contributed by atoms with E-state index in [1.807, 2.05) is 38.2 Å². The van der Waals surface area contributed by atoms with Crippen LogP contribution in [0.3, 0.4) is 0 Å². The van der Waals surface area contributed by atoms with Gasteiger partial charge < -0.3 is 15.1 Å². The van der Waals surface area contributed by atoms with Gasteiger partial charge in [0, 0.05) is 42.0 Å². The minimum absolute atomic E-state index is 0.363. The third-order valence-electron chi connectivity index (χ3n) is 3.42. The number of anilines is 2. The van der Waals surface area contributed by atoms with Crippen LogP contribution in [0.1, 0.15) is 12.5 Å². The van der Waals surface area contributed by atoms with Gasteiger partial charge in [0.05, 0.1) is 0 Å². The van der Waals surface area contributed by atoms with Crippen LogP contribution >= 0.6 is 12.2 Å². The maximum Gasteiger partial charge on any atom is 0.336 e. The second-order valence-electron chi connectivity index (χ2n) is 5.10. The highest BCUT2D eigenvalue weighted by Crippen LogP contribution is 2.20. The number of nitrogens with one attached hydrogen (secondary N) is 2. The van der Waals surface area contributed by atoms with Gasteiger partial charge in [-0.2, -0.15) is 5.10 Å². The maximum absolute atomic E-state index is 11.5. The van der Waals surface area contributed by atoms with Crippen molar-refractivity contribution in [2.75, 3.05) is 10.6 Å². The first-order valence-corrected chi connectivity index (χ1v) is 7.62. The molecule has 3 rings (SSSR count). The van der Waals surface area contributed by atoms with Gasteiger partial charge in [-0.15, -0.1) is 0 Å². The van der Waals surface area contributed by atoms with Crippen LogP contribution < -0.4 is 16.3 Å². The van der Waals surface area contributed by atoms with Crippen molar-refractivity contribution in [2.45, 2.75) is 20.4 Å². The first-order chi connectivity index (χ1) is 11.0. The fourth-order valence-corrected chi connectivity index (χ4v) is 2.51. The van der Waals surface area contributed by atoms with Gasteiger partial charge in [0.1, 0.15) is 5.58 Å². The zero-order valence-corrected chi connectivity index (χ0v) is 13.6. The summed E-state index contributed by atoms with van der Waals surface area (Å²) in [7, 11) is 0. The van der Waals surface area contributed by atoms with E-state index in [9.17, 15) is 4.79 Å². The van der Waals surface area contributed by atoms with Crippen LogP contribution in [0.15, 0.2) is 45.7 Å². The minimum atomic E-state index is -0.363. The summed E-state index contributed by atoms with van der Waals surface area (Å²) < 4.78 is 7.03. The van der Waals surface area contributed by atoms with Crippen LogP contribution in [0.2, 0.25) is 0 Å². The number of hydrogen-bond acceptors (Lipinski definition) is 4. The van der Waals surface area contributed by atoms with Gasteiger partial charge in [0.25, 0.3) is 0 Å². The summed E-state index contributed by atoms with van der Waals surface area (Å²) in [6.45, 7) is 4.69. The van der Waals surface area contributed by atoms with E-state index in [2.05, 4.69) is 15.7 Å². The molecule has 0 radical (unpaired) electrons. The zero-order chi connectivity index (χ0) is 16.4. The standard InChI is InChI=1S/C16H16N4O2S/c1-3-20-7-6-14(19-20)18-16(23)17-11-4-5-12-10(2)8-15(21)22-13(12)9-11/h4-9H,3H2,1-2H3,(H2,17,18,19,23). The van der Waals surface area contributed by atoms with Crippen LogP contribution in [0.25, 0.3) is 11.0 Å². The Balaban J connectivity index is 1.78. The van der Waals surface area contributed by atoms with Crippen molar-refractivity contribution in [2.24, 2.45) is 0 Å². The van der Waals surface area contributed by atoms with Gasteiger partial charge in [-0.25, -0.2) is 4.79 Å². The van der Waals surface area contributed by atoms with Crippen molar-refractivity contribution in [3.63, 3.8) is 0 Å². The molecule has 0 saturated heterocycles. The molecule has 0 spiro atoms. The molecule has 0 unspecified atom stereocenters. The van der Waals surface area contributed by atoms with Gasteiger partial charge >= 0.3 is 5.63 Å². The number of thiocarbonyl (C=S) groups is 1. The minimum Gasteiger partial charge on any atom is -0.423 e. The van der Waals surface area contributed by atoms with Gasteiger partial charge in [0.15, 0.2) is 10.9 Å². The summed E-state index contributed by atoms with van der Waals surface area (Å²) in [5.74, 6) is 0.674. The monoisotopic (exact) mass is 328 g/mol. The van der Waals surface area contributed by atoms with E-state index in [0.717, 1.165) is 23.2 Å². The molecule has 23 heavy (non-hydrogen) atoms. The molecule has 0 fully saturated rings. The number of hydrogen-bond donors (Lipinski definition) is 2. The predicted octanol–water partition coefficient (Wildman–Crippen LogP) is 3.13. The normalized spacial score (nSPS) is 10.7. The van der Waals surface area contributed by atoms with Gasteiger partial charge in [-0.05, 0) is 43.8 Å². The number of rotatable bonds is 3. The summed E-state index contributed by atoms with van der Waals surface area (Å²) in [5.41, 5.74) is 1.78. The molecule has 2 heterocycles. The molecule has 6 nitrogen and oxygen atoms in total. The molecule has 0 bridgehead atoms. The quantitative estimate of drug-likeness (QED) is 0.568. The molecular formula is C16H16N4O2S. The van der Waals surface area contributed by atoms with Crippen molar-refractivity contribution in [3.8, 4) is 0 Å². The lowest BCUT2D eigenvalue weighted by Crippen LogP contribution is -2.19. The second-order valence-corrected chi connectivity index (χ2v) is 5.50. The number of aromatic nitrogens is 2. The van der Waals surface area contributed by atoms with Crippen LogP contribution in [-0.2, 0) is 6.54 Å². The fraction of sp³-hybridized carbons (Fsp3) is 0.188. The zero-order valence-electron chi connectivity index (χ0n) is 12.8. The number of nitrogens with zero attached hydrogens (tertiary/aromatic N) is 2. The number of fused-ring (bicyclic) bond motifs is 1. The topological polar surface area (TPSA) is 72.1 Å². The van der Waals surface area contributed by atoms with Crippen LogP contribution in [-0.4, -0.2) is 14.9 Å². The third-order valence-corrected chi connectivity index (χ3v) is 3.62. The molecule has 2 N–H and O–H groups in total. The Morgan fingerprint density at radius 2 is 2.13 bits per heavy atom. The predicted molar refractivity (Wildman–Crippen MR) is 95.0 cm³/mol. The Morgan fingerprint density at radius 3 is 2.87 bits per heavy atom. The first-order valence-electron chi connectivity index (χ1n) is 7.21. The number of benzene rings is 1.